The molecular formula is C23H27N7O. The number of aromatic nitrogens is 7. The smallest absolute Gasteiger partial charge is 0.296 e. The molecule has 0 unspecified atom stereocenters. The zero-order chi connectivity index (χ0) is 21.8. The molecule has 160 valence electrons. The summed E-state index contributed by atoms with van der Waals surface area (Å²) in [5, 5.41) is 14.2. The predicted molar refractivity (Wildman–Crippen MR) is 120 cm³/mol. The van der Waals surface area contributed by atoms with Gasteiger partial charge in [-0.3, -0.25) is 14.1 Å². The monoisotopic (exact) mass is 417 g/mol. The summed E-state index contributed by atoms with van der Waals surface area (Å²) < 4.78 is 3.73. The molecule has 0 aliphatic heterocycles. The van der Waals surface area contributed by atoms with E-state index in [0.29, 0.717) is 18.1 Å². The van der Waals surface area contributed by atoms with Crippen LogP contribution in [0.25, 0.3) is 22.6 Å². The lowest BCUT2D eigenvalue weighted by Gasteiger charge is -2.10. The Hall–Kier alpha value is -3.55. The first-order valence-corrected chi connectivity index (χ1v) is 10.7. The summed E-state index contributed by atoms with van der Waals surface area (Å²) in [5.41, 5.74) is 4.84. The van der Waals surface area contributed by atoms with Crippen molar-refractivity contribution in [2.75, 3.05) is 0 Å². The maximum absolute atomic E-state index is 13.0. The van der Waals surface area contributed by atoms with Crippen LogP contribution in [0.2, 0.25) is 0 Å². The molecule has 0 atom stereocenters. The van der Waals surface area contributed by atoms with Crippen molar-refractivity contribution < 1.29 is 0 Å². The van der Waals surface area contributed by atoms with Crippen molar-refractivity contribution in [2.24, 2.45) is 0 Å². The highest BCUT2D eigenvalue weighted by Crippen LogP contribution is 2.28. The van der Waals surface area contributed by atoms with Gasteiger partial charge in [0.1, 0.15) is 5.69 Å². The molecule has 1 aromatic carbocycles. The van der Waals surface area contributed by atoms with Crippen LogP contribution in [0.15, 0.2) is 53.6 Å². The van der Waals surface area contributed by atoms with E-state index in [1.165, 1.54) is 0 Å². The highest BCUT2D eigenvalue weighted by molar-refractivity contribution is 5.77. The van der Waals surface area contributed by atoms with E-state index in [0.717, 1.165) is 41.6 Å². The summed E-state index contributed by atoms with van der Waals surface area (Å²) in [7, 11) is 0. The molecule has 0 fully saturated rings. The van der Waals surface area contributed by atoms with Crippen molar-refractivity contribution in [1.29, 1.82) is 0 Å². The van der Waals surface area contributed by atoms with E-state index in [4.69, 9.17) is 0 Å². The van der Waals surface area contributed by atoms with Crippen molar-refractivity contribution in [2.45, 2.75) is 52.6 Å². The fourth-order valence-corrected chi connectivity index (χ4v) is 3.70. The number of hydrogen-bond acceptors (Lipinski definition) is 5. The number of benzene rings is 1. The molecule has 31 heavy (non-hydrogen) atoms. The number of pyridine rings is 1. The molecule has 1 N–H and O–H groups in total. The van der Waals surface area contributed by atoms with Gasteiger partial charge in [-0.15, -0.1) is 10.2 Å². The molecule has 8 nitrogen and oxygen atoms in total. The molecule has 4 aromatic rings. The molecular weight excluding hydrogens is 390 g/mol. The van der Waals surface area contributed by atoms with Gasteiger partial charge in [-0.2, -0.15) is 5.21 Å². The van der Waals surface area contributed by atoms with E-state index in [1.807, 2.05) is 53.4 Å². The standard InChI is InChI=1S/C23H27N7O/c1-4-5-7-19-15-29(16(2)3)23(31)30(19)14-17-9-11-18(12-10-17)20-8-6-13-24-21(20)22-25-27-28-26-22/h6,8-13,15-16H,4-5,7,14H2,1-3H3,(H,25,26,27,28). The van der Waals surface area contributed by atoms with E-state index in [-0.39, 0.29) is 11.7 Å². The van der Waals surface area contributed by atoms with Crippen molar-refractivity contribution in [3.8, 4) is 22.6 Å². The first-order chi connectivity index (χ1) is 15.1. The summed E-state index contributed by atoms with van der Waals surface area (Å²) in [6.07, 6.45) is 6.81. The van der Waals surface area contributed by atoms with Crippen LogP contribution in [0.5, 0.6) is 0 Å². The van der Waals surface area contributed by atoms with Crippen molar-refractivity contribution in [3.63, 3.8) is 0 Å². The minimum Gasteiger partial charge on any atom is -0.296 e. The van der Waals surface area contributed by atoms with Gasteiger partial charge in [0.15, 0.2) is 0 Å². The Balaban J connectivity index is 1.63. The first-order valence-electron chi connectivity index (χ1n) is 10.7. The lowest BCUT2D eigenvalue weighted by molar-refractivity contribution is 0.560. The van der Waals surface area contributed by atoms with E-state index < -0.39 is 0 Å². The Morgan fingerprint density at radius 3 is 2.61 bits per heavy atom. The topological polar surface area (TPSA) is 94.3 Å². The number of aryl methyl sites for hydroxylation is 1. The highest BCUT2D eigenvalue weighted by atomic mass is 16.1. The maximum atomic E-state index is 13.0. The Morgan fingerprint density at radius 2 is 1.94 bits per heavy atom. The highest BCUT2D eigenvalue weighted by Gasteiger charge is 2.15. The van der Waals surface area contributed by atoms with Crippen LogP contribution < -0.4 is 5.69 Å². The second-order valence-electron chi connectivity index (χ2n) is 7.93. The third kappa shape index (κ3) is 4.33. The first kappa shape index (κ1) is 20.7. The summed E-state index contributed by atoms with van der Waals surface area (Å²) in [4.78, 5) is 17.4. The minimum absolute atomic E-state index is 0.0526. The van der Waals surface area contributed by atoms with Crippen molar-refractivity contribution in [3.05, 3.63) is 70.5 Å². The number of unbranched alkanes of at least 4 members (excludes halogenated alkanes) is 1. The number of imidazole rings is 1. The Morgan fingerprint density at radius 1 is 1.13 bits per heavy atom. The second-order valence-corrected chi connectivity index (χ2v) is 7.93. The van der Waals surface area contributed by atoms with Gasteiger partial charge in [-0.25, -0.2) is 4.79 Å². The molecule has 0 aliphatic carbocycles. The van der Waals surface area contributed by atoms with Gasteiger partial charge in [-0.05, 0) is 49.1 Å². The number of rotatable bonds is 8. The number of nitrogens with one attached hydrogen (secondary N) is 1. The predicted octanol–water partition coefficient (Wildman–Crippen LogP) is 3.86. The average molecular weight is 418 g/mol. The van der Waals surface area contributed by atoms with E-state index in [9.17, 15) is 4.79 Å². The fraction of sp³-hybridized carbons (Fsp3) is 0.348. The number of aromatic amines is 1. The van der Waals surface area contributed by atoms with Crippen LogP contribution in [0, 0.1) is 0 Å². The van der Waals surface area contributed by atoms with E-state index in [1.54, 1.807) is 6.20 Å². The number of hydrogen-bond donors (Lipinski definition) is 1. The summed E-state index contributed by atoms with van der Waals surface area (Å²) in [6, 6.07) is 12.2. The van der Waals surface area contributed by atoms with Crippen LogP contribution in [-0.2, 0) is 13.0 Å². The van der Waals surface area contributed by atoms with Gasteiger partial charge in [0.2, 0.25) is 5.82 Å². The Kier molecular flexibility index (Phi) is 6.06. The van der Waals surface area contributed by atoms with Crippen molar-refractivity contribution in [1.82, 2.24) is 34.7 Å². The molecule has 0 amide bonds. The molecule has 0 spiro atoms. The van der Waals surface area contributed by atoms with Gasteiger partial charge in [0.25, 0.3) is 0 Å². The molecule has 0 aliphatic rings. The molecule has 4 rings (SSSR count). The van der Waals surface area contributed by atoms with Crippen LogP contribution in [0.4, 0.5) is 0 Å². The third-order valence-corrected chi connectivity index (χ3v) is 5.40. The zero-order valence-electron chi connectivity index (χ0n) is 18.1. The van der Waals surface area contributed by atoms with Gasteiger partial charge in [-0.1, -0.05) is 43.7 Å². The Labute approximate surface area is 181 Å². The molecule has 0 saturated heterocycles. The van der Waals surface area contributed by atoms with Gasteiger partial charge >= 0.3 is 5.69 Å². The summed E-state index contributed by atoms with van der Waals surface area (Å²) in [6.45, 7) is 6.81. The second kappa shape index (κ2) is 9.07. The van der Waals surface area contributed by atoms with Gasteiger partial charge in [0, 0.05) is 29.7 Å². The van der Waals surface area contributed by atoms with Crippen molar-refractivity contribution >= 4 is 0 Å². The largest absolute Gasteiger partial charge is 0.328 e. The van der Waals surface area contributed by atoms with Crippen LogP contribution in [-0.4, -0.2) is 34.7 Å². The van der Waals surface area contributed by atoms with Gasteiger partial charge in [0.05, 0.1) is 6.54 Å². The molecule has 0 bridgehead atoms. The van der Waals surface area contributed by atoms with Crippen LogP contribution in [0.1, 0.15) is 50.9 Å². The summed E-state index contributed by atoms with van der Waals surface area (Å²) >= 11 is 0. The quantitative estimate of drug-likeness (QED) is 0.470. The number of H-pyrrole nitrogens is 1. The van der Waals surface area contributed by atoms with Gasteiger partial charge < -0.3 is 0 Å². The zero-order valence-corrected chi connectivity index (χ0v) is 18.1. The maximum Gasteiger partial charge on any atom is 0.328 e. The molecule has 3 heterocycles. The lowest BCUT2D eigenvalue weighted by Crippen LogP contribution is -2.26. The lowest BCUT2D eigenvalue weighted by atomic mass is 10.0. The Bertz CT molecular complexity index is 1190. The summed E-state index contributed by atoms with van der Waals surface area (Å²) in [5.74, 6) is 0.460. The molecule has 3 aromatic heterocycles. The van der Waals surface area contributed by atoms with Crippen LogP contribution >= 0.6 is 0 Å². The average Bonchev–Trinajstić information content (AvgIpc) is 3.42. The van der Waals surface area contributed by atoms with Crippen LogP contribution in [0.3, 0.4) is 0 Å². The third-order valence-electron chi connectivity index (χ3n) is 5.40. The van der Waals surface area contributed by atoms with E-state index >= 15 is 0 Å². The number of nitrogens with zero attached hydrogens (tertiary/aromatic N) is 6. The molecule has 0 radical (unpaired) electrons. The number of tetrazole rings is 1. The molecule has 8 heteroatoms. The van der Waals surface area contributed by atoms with E-state index in [2.05, 4.69) is 44.7 Å². The molecule has 0 saturated carbocycles. The fourth-order valence-electron chi connectivity index (χ4n) is 3.70. The minimum atomic E-state index is 0.0526. The normalized spacial score (nSPS) is 11.4. The SMILES string of the molecule is CCCCc1cn(C(C)C)c(=O)n1Cc1ccc(-c2cccnc2-c2nn[nH]n2)cc1.